The third kappa shape index (κ3) is 2.37. The number of hydrogen-bond donors (Lipinski definition) is 2. The Morgan fingerprint density at radius 1 is 1.56 bits per heavy atom. The van der Waals surface area contributed by atoms with Gasteiger partial charge in [0.15, 0.2) is 0 Å². The van der Waals surface area contributed by atoms with Gasteiger partial charge in [-0.1, -0.05) is 18.0 Å². The molecule has 1 saturated carbocycles. The molecule has 1 fully saturated rings. The lowest BCUT2D eigenvalue weighted by Gasteiger charge is -2.27. The molecule has 4 nitrogen and oxygen atoms in total. The van der Waals surface area contributed by atoms with E-state index in [1.165, 1.54) is 11.3 Å². The van der Waals surface area contributed by atoms with Crippen LogP contribution in [0.15, 0.2) is 12.1 Å². The quantitative estimate of drug-likeness (QED) is 0.898. The van der Waals surface area contributed by atoms with Crippen molar-refractivity contribution >= 4 is 34.8 Å². The zero-order valence-electron chi connectivity index (χ0n) is 9.90. The molecule has 18 heavy (non-hydrogen) atoms. The molecule has 0 radical (unpaired) electrons. The van der Waals surface area contributed by atoms with Crippen molar-refractivity contribution in [2.75, 3.05) is 0 Å². The fraction of sp³-hybridized carbons (Fsp3) is 0.500. The van der Waals surface area contributed by atoms with Crippen LogP contribution < -0.4 is 5.32 Å². The molecule has 1 aromatic rings. The van der Waals surface area contributed by atoms with Crippen molar-refractivity contribution in [3.8, 4) is 0 Å². The number of nitrogens with one attached hydrogen (secondary N) is 1. The molecule has 2 N–H and O–H groups in total. The minimum Gasteiger partial charge on any atom is -0.481 e. The van der Waals surface area contributed by atoms with Crippen LogP contribution in [-0.2, 0) is 4.79 Å². The number of hydrogen-bond acceptors (Lipinski definition) is 3. The van der Waals surface area contributed by atoms with Crippen LogP contribution in [0.5, 0.6) is 0 Å². The average Bonchev–Trinajstić information content (AvgIpc) is 2.87. The Morgan fingerprint density at radius 2 is 2.28 bits per heavy atom. The number of carboxylic acid groups (broad SMARTS) is 1. The molecule has 98 valence electrons. The second-order valence-electron chi connectivity index (χ2n) is 4.74. The number of amides is 1. The maximum absolute atomic E-state index is 12.0. The largest absolute Gasteiger partial charge is 0.481 e. The first-order chi connectivity index (χ1) is 8.43. The molecule has 0 aliphatic heterocycles. The molecule has 2 atom stereocenters. The number of carboxylic acids is 1. The first-order valence-corrected chi connectivity index (χ1v) is 6.92. The Labute approximate surface area is 114 Å². The van der Waals surface area contributed by atoms with Crippen LogP contribution in [-0.4, -0.2) is 23.0 Å². The molecular formula is C12H14ClNO3S. The smallest absolute Gasteiger partial charge is 0.311 e. The van der Waals surface area contributed by atoms with Crippen LogP contribution in [0.2, 0.25) is 4.34 Å². The number of halogens is 1. The maximum Gasteiger partial charge on any atom is 0.311 e. The van der Waals surface area contributed by atoms with E-state index in [9.17, 15) is 14.7 Å². The van der Waals surface area contributed by atoms with Gasteiger partial charge >= 0.3 is 5.97 Å². The molecule has 0 spiro atoms. The van der Waals surface area contributed by atoms with Gasteiger partial charge in [-0.3, -0.25) is 9.59 Å². The van der Waals surface area contributed by atoms with Crippen molar-refractivity contribution in [1.82, 2.24) is 5.32 Å². The van der Waals surface area contributed by atoms with E-state index in [0.717, 1.165) is 6.42 Å². The van der Waals surface area contributed by atoms with Crippen molar-refractivity contribution in [3.63, 3.8) is 0 Å². The van der Waals surface area contributed by atoms with Gasteiger partial charge in [-0.25, -0.2) is 0 Å². The lowest BCUT2D eigenvalue weighted by Crippen LogP contribution is -2.46. The Hall–Kier alpha value is -1.07. The highest BCUT2D eigenvalue weighted by molar-refractivity contribution is 7.17. The highest BCUT2D eigenvalue weighted by Gasteiger charge is 2.46. The van der Waals surface area contributed by atoms with Gasteiger partial charge < -0.3 is 10.4 Å². The Kier molecular flexibility index (Phi) is 3.64. The Balaban J connectivity index is 2.10. The van der Waals surface area contributed by atoms with E-state index in [4.69, 9.17) is 11.6 Å². The van der Waals surface area contributed by atoms with E-state index < -0.39 is 11.4 Å². The minimum absolute atomic E-state index is 0.244. The predicted molar refractivity (Wildman–Crippen MR) is 70.2 cm³/mol. The van der Waals surface area contributed by atoms with Gasteiger partial charge in [0.1, 0.15) is 0 Å². The summed E-state index contributed by atoms with van der Waals surface area (Å²) in [7, 11) is 0. The summed E-state index contributed by atoms with van der Waals surface area (Å²) in [6.07, 6.45) is 2.12. The summed E-state index contributed by atoms with van der Waals surface area (Å²) in [5, 5.41) is 12.1. The normalized spacial score (nSPS) is 27.1. The zero-order valence-corrected chi connectivity index (χ0v) is 11.5. The fourth-order valence-electron chi connectivity index (χ4n) is 2.32. The molecule has 2 rings (SSSR count). The molecule has 1 aliphatic carbocycles. The monoisotopic (exact) mass is 287 g/mol. The molecule has 6 heteroatoms. The van der Waals surface area contributed by atoms with E-state index >= 15 is 0 Å². The molecule has 2 unspecified atom stereocenters. The topological polar surface area (TPSA) is 66.4 Å². The van der Waals surface area contributed by atoms with E-state index in [2.05, 4.69) is 5.32 Å². The lowest BCUT2D eigenvalue weighted by atomic mass is 9.85. The van der Waals surface area contributed by atoms with Crippen molar-refractivity contribution in [2.24, 2.45) is 5.41 Å². The molecule has 0 saturated heterocycles. The van der Waals surface area contributed by atoms with Crippen molar-refractivity contribution in [3.05, 3.63) is 21.3 Å². The van der Waals surface area contributed by atoms with Gasteiger partial charge in [0, 0.05) is 6.04 Å². The van der Waals surface area contributed by atoms with E-state index in [1.54, 1.807) is 19.1 Å². The first-order valence-electron chi connectivity index (χ1n) is 5.73. The maximum atomic E-state index is 12.0. The number of thiophene rings is 1. The molecular weight excluding hydrogens is 274 g/mol. The van der Waals surface area contributed by atoms with Crippen molar-refractivity contribution < 1.29 is 14.7 Å². The van der Waals surface area contributed by atoms with Crippen LogP contribution in [0.25, 0.3) is 0 Å². The van der Waals surface area contributed by atoms with Crippen molar-refractivity contribution in [1.29, 1.82) is 0 Å². The van der Waals surface area contributed by atoms with Gasteiger partial charge in [-0.05, 0) is 31.9 Å². The number of rotatable bonds is 3. The van der Waals surface area contributed by atoms with Gasteiger partial charge in [0.25, 0.3) is 5.91 Å². The second kappa shape index (κ2) is 4.90. The molecule has 1 aliphatic rings. The Morgan fingerprint density at radius 3 is 2.83 bits per heavy atom. The molecule has 1 heterocycles. The van der Waals surface area contributed by atoms with Gasteiger partial charge in [-0.2, -0.15) is 0 Å². The third-order valence-corrected chi connectivity index (χ3v) is 4.78. The van der Waals surface area contributed by atoms with Crippen LogP contribution in [0.4, 0.5) is 0 Å². The van der Waals surface area contributed by atoms with Crippen molar-refractivity contribution in [2.45, 2.75) is 32.2 Å². The van der Waals surface area contributed by atoms with E-state index in [-0.39, 0.29) is 11.9 Å². The highest BCUT2D eigenvalue weighted by Crippen LogP contribution is 2.38. The third-order valence-electron chi connectivity index (χ3n) is 3.55. The summed E-state index contributed by atoms with van der Waals surface area (Å²) in [4.78, 5) is 23.8. The van der Waals surface area contributed by atoms with Gasteiger partial charge in [0.05, 0.1) is 14.6 Å². The van der Waals surface area contributed by atoms with Crippen LogP contribution in [0.1, 0.15) is 35.9 Å². The number of aliphatic carboxylic acids is 1. The van der Waals surface area contributed by atoms with E-state index in [0.29, 0.717) is 22.1 Å². The number of carbonyl (C=O) groups is 2. The average molecular weight is 288 g/mol. The predicted octanol–water partition coefficient (Wildman–Crippen LogP) is 2.77. The summed E-state index contributed by atoms with van der Waals surface area (Å²) in [5.74, 6) is -1.10. The van der Waals surface area contributed by atoms with Crippen LogP contribution in [0, 0.1) is 5.41 Å². The van der Waals surface area contributed by atoms with Crippen LogP contribution in [0.3, 0.4) is 0 Å². The van der Waals surface area contributed by atoms with E-state index in [1.807, 2.05) is 0 Å². The Bertz CT molecular complexity index is 487. The van der Waals surface area contributed by atoms with Gasteiger partial charge in [-0.15, -0.1) is 11.3 Å². The molecule has 1 amide bonds. The summed E-state index contributed by atoms with van der Waals surface area (Å²) >= 11 is 6.97. The molecule has 0 aromatic carbocycles. The minimum atomic E-state index is -0.864. The first kappa shape index (κ1) is 13.4. The lowest BCUT2D eigenvalue weighted by molar-refractivity contribution is -0.148. The SMILES string of the molecule is CC1(C(=O)O)CCCC1NC(=O)c1ccc(Cl)s1. The second-order valence-corrected chi connectivity index (χ2v) is 6.46. The molecule has 1 aromatic heterocycles. The summed E-state index contributed by atoms with van der Waals surface area (Å²) in [6.45, 7) is 1.69. The summed E-state index contributed by atoms with van der Waals surface area (Å²) in [5.41, 5.74) is -0.864. The highest BCUT2D eigenvalue weighted by atomic mass is 35.5. The van der Waals surface area contributed by atoms with Crippen LogP contribution >= 0.6 is 22.9 Å². The standard InChI is InChI=1S/C12H14ClNO3S/c1-12(11(16)17)6-2-3-8(12)14-10(15)7-4-5-9(13)18-7/h4-5,8H,2-3,6H2,1H3,(H,14,15)(H,16,17). The molecule has 0 bridgehead atoms. The number of carbonyl (C=O) groups excluding carboxylic acids is 1. The fourth-order valence-corrected chi connectivity index (χ4v) is 3.27. The summed E-state index contributed by atoms with van der Waals surface area (Å²) in [6, 6.07) is 2.99. The zero-order chi connectivity index (χ0) is 13.3. The summed E-state index contributed by atoms with van der Waals surface area (Å²) < 4.78 is 0.549. The van der Waals surface area contributed by atoms with Gasteiger partial charge in [0.2, 0.25) is 0 Å².